The van der Waals surface area contributed by atoms with Crippen molar-refractivity contribution in [2.24, 2.45) is 0 Å². The van der Waals surface area contributed by atoms with Gasteiger partial charge in [-0.3, -0.25) is 0 Å². The Labute approximate surface area is 253 Å². The largest absolute Gasteiger partial charge is 0.455 e. The van der Waals surface area contributed by atoms with Gasteiger partial charge < -0.3 is 13.6 Å². The van der Waals surface area contributed by atoms with Crippen LogP contribution < -0.4 is 0 Å². The summed E-state index contributed by atoms with van der Waals surface area (Å²) in [6, 6.07) is 46.4. The van der Waals surface area contributed by atoms with E-state index in [9.17, 15) is 0 Å². The second-order valence-corrected chi connectivity index (χ2v) is 12.1. The highest BCUT2D eigenvalue weighted by Crippen LogP contribution is 2.47. The number of hydrogen-bond donors (Lipinski definition) is 0. The molecule has 0 spiro atoms. The Balaban J connectivity index is 1.41. The highest BCUT2D eigenvalue weighted by atomic mass is 16.3. The van der Waals surface area contributed by atoms with Crippen molar-refractivity contribution in [3.05, 3.63) is 145 Å². The fourth-order valence-corrected chi connectivity index (χ4v) is 7.95. The molecule has 9 aromatic rings. The van der Waals surface area contributed by atoms with Gasteiger partial charge in [-0.2, -0.15) is 0 Å². The van der Waals surface area contributed by atoms with Gasteiger partial charge in [0.2, 0.25) is 0 Å². The molecule has 10 rings (SSSR count). The molecule has 3 nitrogen and oxygen atoms in total. The van der Waals surface area contributed by atoms with Gasteiger partial charge in [-0.05, 0) is 78.6 Å². The van der Waals surface area contributed by atoms with Gasteiger partial charge in [-0.15, -0.1) is 0 Å². The quantitative estimate of drug-likeness (QED) is 0.205. The number of hydrogen-bond acceptors (Lipinski definition) is 1. The summed E-state index contributed by atoms with van der Waals surface area (Å²) in [6.07, 6.45) is 3.38. The summed E-state index contributed by atoms with van der Waals surface area (Å²) in [4.78, 5) is 0. The fourth-order valence-electron chi connectivity index (χ4n) is 7.95. The molecule has 0 aliphatic heterocycles. The molecular formula is C41H28N2O. The lowest BCUT2D eigenvalue weighted by atomic mass is 9.88. The smallest absolute Gasteiger partial charge is 0.145 e. The van der Waals surface area contributed by atoms with Crippen molar-refractivity contribution in [1.29, 1.82) is 0 Å². The van der Waals surface area contributed by atoms with Crippen molar-refractivity contribution in [1.82, 2.24) is 9.13 Å². The number of aromatic nitrogens is 2. The van der Waals surface area contributed by atoms with Crippen LogP contribution in [0.1, 0.15) is 30.5 Å². The molecular weight excluding hydrogens is 536 g/mol. The second kappa shape index (κ2) is 8.75. The number of rotatable bonds is 2. The molecule has 44 heavy (non-hydrogen) atoms. The van der Waals surface area contributed by atoms with E-state index in [0.717, 1.165) is 44.9 Å². The molecule has 3 heterocycles. The van der Waals surface area contributed by atoms with Gasteiger partial charge in [0.05, 0.1) is 28.0 Å². The number of para-hydroxylation sites is 3. The number of nitrogens with zero attached hydrogens (tertiary/aromatic N) is 2. The third kappa shape index (κ3) is 3.06. The first-order chi connectivity index (χ1) is 21.8. The van der Waals surface area contributed by atoms with Crippen molar-refractivity contribution < 1.29 is 4.42 Å². The Morgan fingerprint density at radius 2 is 1.32 bits per heavy atom. The van der Waals surface area contributed by atoms with Crippen LogP contribution in [0.25, 0.3) is 76.8 Å². The van der Waals surface area contributed by atoms with Crippen molar-refractivity contribution in [3.63, 3.8) is 0 Å². The van der Waals surface area contributed by atoms with Crippen LogP contribution in [0.5, 0.6) is 0 Å². The molecule has 1 unspecified atom stereocenters. The Bertz CT molecular complexity index is 2650. The molecule has 0 saturated heterocycles. The minimum Gasteiger partial charge on any atom is -0.455 e. The van der Waals surface area contributed by atoms with Crippen LogP contribution in [0, 0.1) is 0 Å². The zero-order chi connectivity index (χ0) is 28.9. The van der Waals surface area contributed by atoms with E-state index in [4.69, 9.17) is 4.42 Å². The SMILES string of the molecule is CC1=CCC(n2c3ccccc3c3c4c(ccc32)c2c3oc5ccccc5c3ccc2n4-c2ccccc2)c2ccccc21. The van der Waals surface area contributed by atoms with Gasteiger partial charge in [0.25, 0.3) is 0 Å². The summed E-state index contributed by atoms with van der Waals surface area (Å²) in [5.41, 5.74) is 12.0. The van der Waals surface area contributed by atoms with Crippen LogP contribution >= 0.6 is 0 Å². The van der Waals surface area contributed by atoms with Gasteiger partial charge in [-0.1, -0.05) is 84.9 Å². The first kappa shape index (κ1) is 24.0. The molecule has 0 fully saturated rings. The predicted octanol–water partition coefficient (Wildman–Crippen LogP) is 11.2. The van der Waals surface area contributed by atoms with E-state index in [2.05, 4.69) is 143 Å². The van der Waals surface area contributed by atoms with E-state index in [-0.39, 0.29) is 6.04 Å². The maximum atomic E-state index is 6.65. The standard InChI is InChI=1S/C41H28N2O/c1-25-19-22-34(28-14-6-5-13-27(25)28)43-33-17-9-7-16-31(33)38-35(43)24-21-32-39-36(42(40(32)38)26-11-3-2-4-12-26)23-20-30-29-15-8-10-18-37(29)44-41(30)39/h2-21,23-24,34H,22H2,1H3. The molecule has 1 aliphatic carbocycles. The van der Waals surface area contributed by atoms with Crippen molar-refractivity contribution in [3.8, 4) is 5.69 Å². The average Bonchev–Trinajstić information content (AvgIpc) is 3.73. The van der Waals surface area contributed by atoms with E-state index in [0.29, 0.717) is 0 Å². The van der Waals surface area contributed by atoms with Crippen molar-refractivity contribution in [2.75, 3.05) is 0 Å². The van der Waals surface area contributed by atoms with Gasteiger partial charge in [0.15, 0.2) is 0 Å². The van der Waals surface area contributed by atoms with E-state index >= 15 is 0 Å². The summed E-state index contributed by atoms with van der Waals surface area (Å²) in [7, 11) is 0. The topological polar surface area (TPSA) is 23.0 Å². The van der Waals surface area contributed by atoms with E-state index in [1.165, 1.54) is 49.4 Å². The molecule has 3 heteroatoms. The van der Waals surface area contributed by atoms with Gasteiger partial charge in [0, 0.05) is 38.1 Å². The third-order valence-electron chi connectivity index (χ3n) is 9.83. The predicted molar refractivity (Wildman–Crippen MR) is 184 cm³/mol. The van der Waals surface area contributed by atoms with E-state index in [1.54, 1.807) is 0 Å². The third-order valence-corrected chi connectivity index (χ3v) is 9.83. The molecule has 0 saturated carbocycles. The minimum atomic E-state index is 0.214. The van der Waals surface area contributed by atoms with Crippen LogP contribution in [0.15, 0.2) is 138 Å². The molecule has 6 aromatic carbocycles. The summed E-state index contributed by atoms with van der Waals surface area (Å²) >= 11 is 0. The Morgan fingerprint density at radius 1 is 0.591 bits per heavy atom. The number of benzene rings is 6. The Morgan fingerprint density at radius 3 is 2.23 bits per heavy atom. The molecule has 3 aromatic heterocycles. The molecule has 1 aliphatic rings. The zero-order valence-electron chi connectivity index (χ0n) is 24.3. The van der Waals surface area contributed by atoms with Gasteiger partial charge >= 0.3 is 0 Å². The first-order valence-corrected chi connectivity index (χ1v) is 15.4. The highest BCUT2D eigenvalue weighted by Gasteiger charge is 2.27. The van der Waals surface area contributed by atoms with Gasteiger partial charge in [0.1, 0.15) is 11.2 Å². The average molecular weight is 565 g/mol. The molecule has 0 bridgehead atoms. The van der Waals surface area contributed by atoms with Crippen LogP contribution in [0.2, 0.25) is 0 Å². The normalized spacial score (nSPS) is 15.2. The zero-order valence-corrected chi connectivity index (χ0v) is 24.3. The van der Waals surface area contributed by atoms with Crippen LogP contribution in [0.4, 0.5) is 0 Å². The van der Waals surface area contributed by atoms with Crippen LogP contribution in [-0.4, -0.2) is 9.13 Å². The van der Waals surface area contributed by atoms with E-state index < -0.39 is 0 Å². The summed E-state index contributed by atoms with van der Waals surface area (Å²) < 4.78 is 11.7. The van der Waals surface area contributed by atoms with Crippen molar-refractivity contribution >= 4 is 71.1 Å². The lowest BCUT2D eigenvalue weighted by molar-refractivity contribution is 0.623. The molecule has 0 radical (unpaired) electrons. The second-order valence-electron chi connectivity index (χ2n) is 12.1. The maximum Gasteiger partial charge on any atom is 0.145 e. The summed E-state index contributed by atoms with van der Waals surface area (Å²) in [5.74, 6) is 0. The summed E-state index contributed by atoms with van der Waals surface area (Å²) in [5, 5.41) is 7.25. The number of fused-ring (bicyclic) bond motifs is 12. The Kier molecular flexibility index (Phi) is 4.76. The van der Waals surface area contributed by atoms with Gasteiger partial charge in [-0.25, -0.2) is 0 Å². The minimum absolute atomic E-state index is 0.214. The summed E-state index contributed by atoms with van der Waals surface area (Å²) in [6.45, 7) is 2.24. The molecule has 208 valence electrons. The lowest BCUT2D eigenvalue weighted by Crippen LogP contribution is -2.14. The van der Waals surface area contributed by atoms with Crippen LogP contribution in [0.3, 0.4) is 0 Å². The Hall–Kier alpha value is -5.54. The van der Waals surface area contributed by atoms with E-state index in [1.807, 2.05) is 6.07 Å². The monoisotopic (exact) mass is 564 g/mol. The number of allylic oxidation sites excluding steroid dienone is 2. The van der Waals surface area contributed by atoms with Crippen LogP contribution in [-0.2, 0) is 0 Å². The first-order valence-electron chi connectivity index (χ1n) is 15.4. The maximum absolute atomic E-state index is 6.65. The highest BCUT2D eigenvalue weighted by molar-refractivity contribution is 6.30. The lowest BCUT2D eigenvalue weighted by Gasteiger charge is -2.27. The molecule has 0 amide bonds. The molecule has 0 N–H and O–H groups in total. The fraction of sp³-hybridized carbons (Fsp3) is 0.0732. The van der Waals surface area contributed by atoms with Crippen molar-refractivity contribution in [2.45, 2.75) is 19.4 Å². The number of furan rings is 1. The molecule has 1 atom stereocenters.